The van der Waals surface area contributed by atoms with E-state index in [2.05, 4.69) is 17.2 Å². The molecule has 2 N–H and O–H groups in total. The summed E-state index contributed by atoms with van der Waals surface area (Å²) in [7, 11) is 0. The zero-order valence-corrected chi connectivity index (χ0v) is 21.0. The van der Waals surface area contributed by atoms with Gasteiger partial charge in [0, 0.05) is 17.6 Å². The molecule has 1 aliphatic carbocycles. The number of halogens is 1. The number of thiazole rings is 1. The summed E-state index contributed by atoms with van der Waals surface area (Å²) in [5.41, 5.74) is 1.14. The van der Waals surface area contributed by atoms with Crippen molar-refractivity contribution in [3.05, 3.63) is 41.0 Å². The Kier molecular flexibility index (Phi) is 8.47. The number of hydrogen-bond acceptors (Lipinski definition) is 5. The van der Waals surface area contributed by atoms with Crippen LogP contribution in [0.4, 0.5) is 9.93 Å². The number of carbonyl (C=O) groups is 2. The van der Waals surface area contributed by atoms with Crippen molar-refractivity contribution in [1.82, 2.24) is 9.88 Å². The number of benzene rings is 1. The third-order valence-electron chi connectivity index (χ3n) is 5.81. The van der Waals surface area contributed by atoms with Crippen molar-refractivity contribution >= 4 is 51.8 Å². The van der Waals surface area contributed by atoms with E-state index in [4.69, 9.17) is 11.6 Å². The SMILES string of the molecule is CC(C)(Sc1cnc(NC(=O)N(CCc2ccc(Cl)cc2)[C@H]2CC[C@H](C)CC2)s1)C(=O)O. The number of amides is 2. The number of aromatic nitrogens is 1. The first-order valence-electron chi connectivity index (χ1n) is 10.8. The molecule has 0 atom stereocenters. The molecule has 1 saturated carbocycles. The summed E-state index contributed by atoms with van der Waals surface area (Å²) < 4.78 is -0.205. The monoisotopic (exact) mass is 495 g/mol. The molecule has 1 aromatic heterocycles. The van der Waals surface area contributed by atoms with Gasteiger partial charge in [0.15, 0.2) is 5.13 Å². The maximum atomic E-state index is 13.2. The van der Waals surface area contributed by atoms with Gasteiger partial charge in [0.25, 0.3) is 0 Å². The zero-order valence-electron chi connectivity index (χ0n) is 18.6. The van der Waals surface area contributed by atoms with E-state index in [1.165, 1.54) is 23.1 Å². The number of anilines is 1. The van der Waals surface area contributed by atoms with Crippen molar-refractivity contribution in [3.63, 3.8) is 0 Å². The van der Waals surface area contributed by atoms with Gasteiger partial charge < -0.3 is 10.0 Å². The fraction of sp³-hybridized carbons (Fsp3) is 0.522. The molecule has 9 heteroatoms. The Bertz CT molecular complexity index is 925. The first-order chi connectivity index (χ1) is 15.1. The number of carbonyl (C=O) groups excluding carboxylic acids is 1. The van der Waals surface area contributed by atoms with Crippen molar-refractivity contribution in [3.8, 4) is 0 Å². The average Bonchev–Trinajstić information content (AvgIpc) is 3.16. The van der Waals surface area contributed by atoms with Gasteiger partial charge in [0.1, 0.15) is 4.75 Å². The number of carboxylic acid groups (broad SMARTS) is 1. The van der Waals surface area contributed by atoms with Gasteiger partial charge in [0.2, 0.25) is 0 Å². The molecule has 32 heavy (non-hydrogen) atoms. The van der Waals surface area contributed by atoms with Gasteiger partial charge >= 0.3 is 12.0 Å². The van der Waals surface area contributed by atoms with Crippen molar-refractivity contribution in [2.45, 2.75) is 67.9 Å². The Labute approximate surface area is 202 Å². The molecule has 2 aromatic rings. The van der Waals surface area contributed by atoms with E-state index < -0.39 is 10.7 Å². The molecule has 0 saturated heterocycles. The van der Waals surface area contributed by atoms with Crippen LogP contribution in [0.5, 0.6) is 0 Å². The summed E-state index contributed by atoms with van der Waals surface area (Å²) in [6, 6.07) is 7.79. The minimum atomic E-state index is -0.961. The number of urea groups is 1. The summed E-state index contributed by atoms with van der Waals surface area (Å²) in [4.78, 5) is 30.9. The van der Waals surface area contributed by atoms with Crippen molar-refractivity contribution < 1.29 is 14.7 Å². The Hall–Kier alpha value is -1.77. The van der Waals surface area contributed by atoms with E-state index >= 15 is 0 Å². The van der Waals surface area contributed by atoms with Crippen molar-refractivity contribution in [2.24, 2.45) is 5.92 Å². The molecule has 1 aliphatic rings. The molecule has 1 fully saturated rings. The lowest BCUT2D eigenvalue weighted by Gasteiger charge is -2.36. The summed E-state index contributed by atoms with van der Waals surface area (Å²) in [5.74, 6) is -0.190. The molecule has 1 heterocycles. The molecule has 0 unspecified atom stereocenters. The number of nitrogens with one attached hydrogen (secondary N) is 1. The molecular formula is C23H30ClN3O3S2. The lowest BCUT2D eigenvalue weighted by Crippen LogP contribution is -2.45. The lowest BCUT2D eigenvalue weighted by molar-refractivity contribution is -0.138. The van der Waals surface area contributed by atoms with E-state index in [0.29, 0.717) is 22.6 Å². The predicted molar refractivity (Wildman–Crippen MR) is 132 cm³/mol. The third-order valence-corrected chi connectivity index (χ3v) is 8.26. The smallest absolute Gasteiger partial charge is 0.323 e. The molecule has 0 aliphatic heterocycles. The van der Waals surface area contributed by atoms with Gasteiger partial charge in [-0.05, 0) is 69.6 Å². The maximum absolute atomic E-state index is 13.2. The number of nitrogens with zero attached hydrogens (tertiary/aromatic N) is 2. The standard InChI is InChI=1S/C23H30ClN3O3S2/c1-15-4-10-18(11-5-15)27(13-12-16-6-8-17(24)9-7-16)22(30)26-21-25-14-19(31-21)32-23(2,3)20(28)29/h6-9,14-15,18H,4-5,10-13H2,1-3H3,(H,28,29)(H,25,26,30)/t15-,18-. The molecule has 2 amide bonds. The van der Waals surface area contributed by atoms with Crippen LogP contribution in [0.2, 0.25) is 5.02 Å². The highest BCUT2D eigenvalue weighted by molar-refractivity contribution is 8.03. The normalized spacial score (nSPS) is 18.9. The van der Waals surface area contributed by atoms with Crippen LogP contribution in [0.3, 0.4) is 0 Å². The van der Waals surface area contributed by atoms with Crippen molar-refractivity contribution in [1.29, 1.82) is 0 Å². The summed E-state index contributed by atoms with van der Waals surface area (Å²) in [6.07, 6.45) is 6.62. The van der Waals surface area contributed by atoms with Crippen LogP contribution in [0.1, 0.15) is 52.0 Å². The molecular weight excluding hydrogens is 466 g/mol. The van der Waals surface area contributed by atoms with Gasteiger partial charge in [0.05, 0.1) is 10.4 Å². The van der Waals surface area contributed by atoms with Crippen LogP contribution in [-0.2, 0) is 11.2 Å². The molecule has 0 spiro atoms. The molecule has 174 valence electrons. The van der Waals surface area contributed by atoms with Gasteiger partial charge in [-0.3, -0.25) is 10.1 Å². The van der Waals surface area contributed by atoms with E-state index in [-0.39, 0.29) is 12.1 Å². The topological polar surface area (TPSA) is 82.5 Å². The molecule has 3 rings (SSSR count). The maximum Gasteiger partial charge on any atom is 0.323 e. The second-order valence-electron chi connectivity index (χ2n) is 8.82. The Balaban J connectivity index is 1.67. The minimum Gasteiger partial charge on any atom is -0.480 e. The van der Waals surface area contributed by atoms with Crippen LogP contribution >= 0.6 is 34.7 Å². The van der Waals surface area contributed by atoms with Gasteiger partial charge in [-0.25, -0.2) is 9.78 Å². The van der Waals surface area contributed by atoms with Gasteiger partial charge in [-0.2, -0.15) is 0 Å². The van der Waals surface area contributed by atoms with E-state index in [1.54, 1.807) is 20.0 Å². The first kappa shape index (κ1) is 24.9. The fourth-order valence-electron chi connectivity index (χ4n) is 3.73. The number of aliphatic carboxylic acids is 1. The highest BCUT2D eigenvalue weighted by Gasteiger charge is 2.30. The third kappa shape index (κ3) is 6.86. The van der Waals surface area contributed by atoms with E-state index in [9.17, 15) is 14.7 Å². The molecule has 6 nitrogen and oxygen atoms in total. The van der Waals surface area contributed by atoms with E-state index in [0.717, 1.165) is 41.9 Å². The van der Waals surface area contributed by atoms with Crippen molar-refractivity contribution in [2.75, 3.05) is 11.9 Å². The van der Waals surface area contributed by atoms with Crippen LogP contribution in [0.15, 0.2) is 34.7 Å². The highest BCUT2D eigenvalue weighted by atomic mass is 35.5. The van der Waals surface area contributed by atoms with Crippen LogP contribution < -0.4 is 5.32 Å². The summed E-state index contributed by atoms with van der Waals surface area (Å²) in [6.45, 7) is 6.19. The molecule has 1 aromatic carbocycles. The molecule has 0 bridgehead atoms. The Morgan fingerprint density at radius 1 is 1.25 bits per heavy atom. The zero-order chi connectivity index (χ0) is 23.3. The number of hydrogen-bond donors (Lipinski definition) is 2. The number of rotatable bonds is 8. The van der Waals surface area contributed by atoms with E-state index in [1.807, 2.05) is 29.2 Å². The second kappa shape index (κ2) is 10.9. The Morgan fingerprint density at radius 3 is 2.53 bits per heavy atom. The van der Waals surface area contributed by atoms with Gasteiger partial charge in [-0.1, -0.05) is 53.8 Å². The second-order valence-corrected chi connectivity index (χ2v) is 12.2. The number of thioether (sulfide) groups is 1. The highest BCUT2D eigenvalue weighted by Crippen LogP contribution is 2.37. The Morgan fingerprint density at radius 2 is 1.91 bits per heavy atom. The quantitative estimate of drug-likeness (QED) is 0.413. The molecule has 0 radical (unpaired) electrons. The minimum absolute atomic E-state index is 0.151. The summed E-state index contributed by atoms with van der Waals surface area (Å²) in [5, 5.41) is 13.5. The fourth-order valence-corrected chi connectivity index (χ4v) is 6.12. The average molecular weight is 496 g/mol. The van der Waals surface area contributed by atoms with Crippen LogP contribution in [0.25, 0.3) is 0 Å². The first-order valence-corrected chi connectivity index (χ1v) is 12.9. The predicted octanol–water partition coefficient (Wildman–Crippen LogP) is 6.41. The van der Waals surface area contributed by atoms with Crippen LogP contribution in [0, 0.1) is 5.92 Å². The summed E-state index contributed by atoms with van der Waals surface area (Å²) >= 11 is 8.52. The van der Waals surface area contributed by atoms with Crippen LogP contribution in [-0.4, -0.2) is 44.3 Å². The number of carboxylic acids is 1. The largest absolute Gasteiger partial charge is 0.480 e. The lowest BCUT2D eigenvalue weighted by atomic mass is 9.86. The van der Waals surface area contributed by atoms with Gasteiger partial charge in [-0.15, -0.1) is 0 Å².